The van der Waals surface area contributed by atoms with Crippen molar-refractivity contribution in [2.24, 2.45) is 0 Å². The van der Waals surface area contributed by atoms with Crippen LogP contribution in [0.5, 0.6) is 0 Å². The van der Waals surface area contributed by atoms with Gasteiger partial charge in [0.05, 0.1) is 0 Å². The molecule has 0 saturated carbocycles. The zero-order valence-corrected chi connectivity index (χ0v) is 16.5. The molecule has 0 atom stereocenters. The van der Waals surface area contributed by atoms with E-state index in [1.165, 1.54) is 64.3 Å². The van der Waals surface area contributed by atoms with Crippen LogP contribution in [0.4, 0.5) is 0 Å². The van der Waals surface area contributed by atoms with Crippen LogP contribution in [-0.4, -0.2) is 0 Å². The van der Waals surface area contributed by atoms with E-state index in [4.69, 9.17) is 0 Å². The van der Waals surface area contributed by atoms with E-state index in [9.17, 15) is 0 Å². The summed E-state index contributed by atoms with van der Waals surface area (Å²) in [5.74, 6) is 0. The van der Waals surface area contributed by atoms with Crippen molar-refractivity contribution in [3.8, 4) is 33.4 Å². The first-order valence-corrected chi connectivity index (χ1v) is 10.8. The Kier molecular flexibility index (Phi) is 2.97. The SMILES string of the molecule is c1ccc(-c2ccc3c(c2)sc2c4cccc5c4c(cc32)-c2ccccc2-5)cc1. The molecule has 0 saturated heterocycles. The third-order valence-electron chi connectivity index (χ3n) is 6.21. The Bertz CT molecular complexity index is 1590. The molecule has 1 heterocycles. The molecule has 6 aromatic rings. The minimum atomic E-state index is 1.27. The van der Waals surface area contributed by atoms with Crippen LogP contribution in [-0.2, 0) is 0 Å². The Morgan fingerprint density at radius 2 is 1.21 bits per heavy atom. The fourth-order valence-corrected chi connectivity index (χ4v) is 6.16. The topological polar surface area (TPSA) is 0 Å². The van der Waals surface area contributed by atoms with Crippen LogP contribution in [0.15, 0.2) is 97.1 Å². The maximum absolute atomic E-state index is 2.42. The highest BCUT2D eigenvalue weighted by atomic mass is 32.1. The smallest absolute Gasteiger partial charge is 0.0434 e. The maximum atomic E-state index is 2.42. The summed E-state index contributed by atoms with van der Waals surface area (Å²) in [5.41, 5.74) is 8.03. The highest BCUT2D eigenvalue weighted by molar-refractivity contribution is 7.26. The number of rotatable bonds is 1. The van der Waals surface area contributed by atoms with Crippen LogP contribution in [0, 0.1) is 0 Å². The zero-order chi connectivity index (χ0) is 18.9. The number of hydrogen-bond acceptors (Lipinski definition) is 1. The number of benzene rings is 5. The van der Waals surface area contributed by atoms with Crippen molar-refractivity contribution in [3.05, 3.63) is 97.1 Å². The third-order valence-corrected chi connectivity index (χ3v) is 7.41. The van der Waals surface area contributed by atoms with Gasteiger partial charge in [-0.2, -0.15) is 0 Å². The Labute approximate surface area is 172 Å². The van der Waals surface area contributed by atoms with Crippen LogP contribution in [0.3, 0.4) is 0 Å². The Morgan fingerprint density at radius 3 is 2.07 bits per heavy atom. The summed E-state index contributed by atoms with van der Waals surface area (Å²) in [6.07, 6.45) is 0. The zero-order valence-electron chi connectivity index (χ0n) is 15.6. The van der Waals surface area contributed by atoms with E-state index >= 15 is 0 Å². The van der Waals surface area contributed by atoms with Crippen LogP contribution in [0.2, 0.25) is 0 Å². The molecule has 1 aliphatic carbocycles. The second-order valence-corrected chi connectivity index (χ2v) is 8.81. The van der Waals surface area contributed by atoms with Crippen molar-refractivity contribution < 1.29 is 0 Å². The van der Waals surface area contributed by atoms with Gasteiger partial charge in [0.25, 0.3) is 0 Å². The van der Waals surface area contributed by atoms with Gasteiger partial charge in [0, 0.05) is 25.6 Å². The molecule has 5 aromatic carbocycles. The van der Waals surface area contributed by atoms with Gasteiger partial charge in [-0.1, -0.05) is 84.9 Å². The molecule has 0 fully saturated rings. The summed E-state index contributed by atoms with van der Waals surface area (Å²) >= 11 is 1.92. The molecule has 0 unspecified atom stereocenters. The highest BCUT2D eigenvalue weighted by Crippen LogP contribution is 2.51. The lowest BCUT2D eigenvalue weighted by Gasteiger charge is -2.04. The average Bonchev–Trinajstić information content (AvgIpc) is 3.32. The quantitative estimate of drug-likeness (QED) is 0.266. The van der Waals surface area contributed by atoms with Crippen LogP contribution >= 0.6 is 11.3 Å². The predicted octanol–water partition coefficient (Wildman–Crippen LogP) is 8.52. The monoisotopic (exact) mass is 384 g/mol. The molecule has 0 N–H and O–H groups in total. The van der Waals surface area contributed by atoms with E-state index in [0.29, 0.717) is 0 Å². The minimum absolute atomic E-state index is 1.27. The van der Waals surface area contributed by atoms with E-state index in [-0.39, 0.29) is 0 Å². The van der Waals surface area contributed by atoms with Crippen molar-refractivity contribution in [1.82, 2.24) is 0 Å². The Morgan fingerprint density at radius 1 is 0.448 bits per heavy atom. The number of fused-ring (bicyclic) bond motifs is 7. The first kappa shape index (κ1) is 15.5. The fraction of sp³-hybridized carbons (Fsp3) is 0. The average molecular weight is 385 g/mol. The number of hydrogen-bond donors (Lipinski definition) is 0. The molecular formula is C28H16S. The van der Waals surface area contributed by atoms with Crippen LogP contribution in [0.25, 0.3) is 64.3 Å². The van der Waals surface area contributed by atoms with E-state index in [0.717, 1.165) is 0 Å². The van der Waals surface area contributed by atoms with E-state index in [2.05, 4.69) is 97.1 Å². The summed E-state index contributed by atoms with van der Waals surface area (Å²) in [5, 5.41) is 5.53. The van der Waals surface area contributed by atoms with Gasteiger partial charge in [-0.3, -0.25) is 0 Å². The molecule has 0 amide bonds. The predicted molar refractivity (Wildman–Crippen MR) is 127 cm³/mol. The number of thiophene rings is 1. The lowest BCUT2D eigenvalue weighted by atomic mass is 9.98. The Balaban J connectivity index is 1.59. The van der Waals surface area contributed by atoms with Crippen molar-refractivity contribution in [2.75, 3.05) is 0 Å². The summed E-state index contributed by atoms with van der Waals surface area (Å²) in [6.45, 7) is 0. The Hall–Kier alpha value is -3.42. The molecule has 0 spiro atoms. The van der Waals surface area contributed by atoms with Crippen molar-refractivity contribution in [2.45, 2.75) is 0 Å². The standard InChI is InChI=1S/C28H16S/c1-2-7-17(8-3-1)18-13-14-21-25-16-24-20-10-5-4-9-19(20)22-11-6-12-23(27(22)24)28(25)29-26(21)15-18/h1-16H. The summed E-state index contributed by atoms with van der Waals surface area (Å²) in [6, 6.07) is 35.6. The lowest BCUT2D eigenvalue weighted by Crippen LogP contribution is -1.78. The second kappa shape index (κ2) is 5.56. The molecule has 7 rings (SSSR count). The summed E-state index contributed by atoms with van der Waals surface area (Å²) in [4.78, 5) is 0. The van der Waals surface area contributed by atoms with E-state index in [1.807, 2.05) is 11.3 Å². The van der Waals surface area contributed by atoms with Crippen LogP contribution in [0.1, 0.15) is 0 Å². The molecule has 134 valence electrons. The van der Waals surface area contributed by atoms with Crippen molar-refractivity contribution >= 4 is 42.3 Å². The molecule has 1 aliphatic rings. The van der Waals surface area contributed by atoms with Gasteiger partial charge in [0.2, 0.25) is 0 Å². The highest BCUT2D eigenvalue weighted by Gasteiger charge is 2.23. The summed E-state index contributed by atoms with van der Waals surface area (Å²) < 4.78 is 2.76. The maximum Gasteiger partial charge on any atom is 0.0434 e. The molecule has 0 radical (unpaired) electrons. The van der Waals surface area contributed by atoms with Gasteiger partial charge in [0.1, 0.15) is 0 Å². The fourth-order valence-electron chi connectivity index (χ4n) is 4.91. The van der Waals surface area contributed by atoms with Crippen molar-refractivity contribution in [3.63, 3.8) is 0 Å². The molecular weight excluding hydrogens is 368 g/mol. The van der Waals surface area contributed by atoms with Gasteiger partial charge in [-0.15, -0.1) is 11.3 Å². The molecule has 29 heavy (non-hydrogen) atoms. The molecule has 0 nitrogen and oxygen atoms in total. The molecule has 1 heteroatoms. The largest absolute Gasteiger partial charge is 0.135 e. The van der Waals surface area contributed by atoms with Gasteiger partial charge < -0.3 is 0 Å². The minimum Gasteiger partial charge on any atom is -0.135 e. The van der Waals surface area contributed by atoms with Gasteiger partial charge in [0.15, 0.2) is 0 Å². The summed E-state index contributed by atoms with van der Waals surface area (Å²) in [7, 11) is 0. The molecule has 0 aliphatic heterocycles. The third kappa shape index (κ3) is 2.03. The van der Waals surface area contributed by atoms with E-state index < -0.39 is 0 Å². The lowest BCUT2D eigenvalue weighted by molar-refractivity contribution is 1.66. The first-order valence-electron chi connectivity index (χ1n) is 9.96. The molecule has 1 aromatic heterocycles. The molecule has 0 bridgehead atoms. The van der Waals surface area contributed by atoms with Gasteiger partial charge in [-0.05, 0) is 50.9 Å². The second-order valence-electron chi connectivity index (χ2n) is 7.75. The van der Waals surface area contributed by atoms with Gasteiger partial charge in [-0.25, -0.2) is 0 Å². The van der Waals surface area contributed by atoms with Gasteiger partial charge >= 0.3 is 0 Å². The normalized spacial score (nSPS) is 12.1. The van der Waals surface area contributed by atoms with Crippen molar-refractivity contribution in [1.29, 1.82) is 0 Å². The van der Waals surface area contributed by atoms with E-state index in [1.54, 1.807) is 0 Å². The van der Waals surface area contributed by atoms with Crippen LogP contribution < -0.4 is 0 Å². The first-order chi connectivity index (χ1) is 14.4.